The predicted octanol–water partition coefficient (Wildman–Crippen LogP) is 2.73. The van der Waals surface area contributed by atoms with Gasteiger partial charge in [0.05, 0.1) is 0 Å². The van der Waals surface area contributed by atoms with E-state index in [0.29, 0.717) is 0 Å². The van der Waals surface area contributed by atoms with Gasteiger partial charge in [0.2, 0.25) is 0 Å². The molecule has 0 amide bonds. The summed E-state index contributed by atoms with van der Waals surface area (Å²) in [6, 6.07) is 7.78. The molecule has 0 spiro atoms. The van der Waals surface area contributed by atoms with Crippen molar-refractivity contribution in [2.45, 2.75) is 27.2 Å². The van der Waals surface area contributed by atoms with Crippen molar-refractivity contribution in [1.29, 1.82) is 0 Å². The van der Waals surface area contributed by atoms with Crippen LogP contribution in [0.25, 0.3) is 0 Å². The summed E-state index contributed by atoms with van der Waals surface area (Å²) in [6.45, 7) is 8.08. The first-order valence-electron chi connectivity index (χ1n) is 6.91. The van der Waals surface area contributed by atoms with E-state index in [4.69, 9.17) is 0 Å². The Hall–Kier alpha value is -1.35. The third-order valence-corrected chi connectivity index (χ3v) is 4.41. The molecule has 1 aromatic rings. The van der Waals surface area contributed by atoms with Gasteiger partial charge in [-0.25, -0.2) is 0 Å². The number of benzene rings is 1. The summed E-state index contributed by atoms with van der Waals surface area (Å²) in [6.07, 6.45) is 1.06. The van der Waals surface area contributed by atoms with Gasteiger partial charge >= 0.3 is 0 Å². The number of carbonyl (C=O) groups is 1. The van der Waals surface area contributed by atoms with Crippen molar-refractivity contribution in [3.05, 3.63) is 29.8 Å². The quantitative estimate of drug-likeness (QED) is 0.851. The van der Waals surface area contributed by atoms with E-state index in [1.807, 2.05) is 24.3 Å². The summed E-state index contributed by atoms with van der Waals surface area (Å²) >= 11 is 0. The largest absolute Gasteiger partial charge is 0.396 e. The maximum Gasteiger partial charge on any atom is 0.159 e. The molecule has 1 saturated heterocycles. The van der Waals surface area contributed by atoms with Crippen LogP contribution in [0.5, 0.6) is 0 Å². The zero-order chi connectivity index (χ0) is 14.0. The van der Waals surface area contributed by atoms with Gasteiger partial charge in [-0.1, -0.05) is 26.0 Å². The normalized spacial score (nSPS) is 22.3. The van der Waals surface area contributed by atoms with Gasteiger partial charge in [0, 0.05) is 36.9 Å². The molecule has 104 valence electrons. The number of ketones is 1. The monoisotopic (exact) mass is 261 g/mol. The van der Waals surface area contributed by atoms with E-state index in [1.54, 1.807) is 6.92 Å². The van der Waals surface area contributed by atoms with Crippen molar-refractivity contribution in [3.63, 3.8) is 0 Å². The predicted molar refractivity (Wildman–Crippen MR) is 77.6 cm³/mol. The van der Waals surface area contributed by atoms with Crippen molar-refractivity contribution in [3.8, 4) is 0 Å². The molecule has 0 radical (unpaired) electrons. The fourth-order valence-corrected chi connectivity index (χ4v) is 2.69. The number of Topliss-reactive ketones (excluding diaryl/α,β-unsaturated/α-hetero) is 1. The molecule has 2 rings (SSSR count). The minimum absolute atomic E-state index is 0.0953. The fraction of sp³-hybridized carbons (Fsp3) is 0.562. The number of aliphatic hydroxyl groups excluding tert-OH is 1. The van der Waals surface area contributed by atoms with Crippen molar-refractivity contribution >= 4 is 11.5 Å². The molecule has 1 aliphatic heterocycles. The lowest BCUT2D eigenvalue weighted by molar-refractivity contribution is 0.0965. The van der Waals surface area contributed by atoms with Gasteiger partial charge in [0.25, 0.3) is 0 Å². The minimum Gasteiger partial charge on any atom is -0.396 e. The van der Waals surface area contributed by atoms with Crippen LogP contribution in [-0.4, -0.2) is 30.6 Å². The molecule has 19 heavy (non-hydrogen) atoms. The summed E-state index contributed by atoms with van der Waals surface area (Å²) in [5, 5.41) is 9.55. The number of carbonyl (C=O) groups excluding carboxylic acids is 1. The summed E-state index contributed by atoms with van der Waals surface area (Å²) < 4.78 is 0. The molecule has 1 fully saturated rings. The van der Waals surface area contributed by atoms with Gasteiger partial charge in [0.1, 0.15) is 0 Å². The number of piperidine rings is 1. The van der Waals surface area contributed by atoms with Crippen LogP contribution >= 0.6 is 0 Å². The fourth-order valence-electron chi connectivity index (χ4n) is 2.69. The lowest BCUT2D eigenvalue weighted by atomic mass is 9.73. The zero-order valence-electron chi connectivity index (χ0n) is 12.0. The van der Waals surface area contributed by atoms with E-state index in [0.717, 1.165) is 30.8 Å². The Morgan fingerprint density at radius 3 is 2.84 bits per heavy atom. The van der Waals surface area contributed by atoms with Gasteiger partial charge in [-0.05, 0) is 30.9 Å². The van der Waals surface area contributed by atoms with E-state index in [2.05, 4.69) is 18.7 Å². The molecule has 1 N–H and O–H groups in total. The Balaban J connectivity index is 2.19. The summed E-state index contributed by atoms with van der Waals surface area (Å²) in [7, 11) is 0. The highest BCUT2D eigenvalue weighted by Crippen LogP contribution is 2.37. The molecule has 0 saturated carbocycles. The van der Waals surface area contributed by atoms with E-state index >= 15 is 0 Å². The average molecular weight is 261 g/mol. The molecule has 0 bridgehead atoms. The Kier molecular flexibility index (Phi) is 3.95. The first-order chi connectivity index (χ1) is 8.94. The van der Waals surface area contributed by atoms with Crippen LogP contribution in [0.4, 0.5) is 5.69 Å². The van der Waals surface area contributed by atoms with E-state index < -0.39 is 0 Å². The molecule has 0 aliphatic carbocycles. The molecule has 3 nitrogen and oxygen atoms in total. The standard InChI is InChI=1S/C16H23NO2/c1-12(19)13-5-4-6-15(9-13)17-8-7-16(2,3)14(10-17)11-18/h4-6,9,14,18H,7-8,10-11H2,1-3H3. The van der Waals surface area contributed by atoms with Gasteiger partial charge < -0.3 is 10.0 Å². The topological polar surface area (TPSA) is 40.5 Å². The summed E-state index contributed by atoms with van der Waals surface area (Å²) in [5.41, 5.74) is 2.02. The SMILES string of the molecule is CC(=O)c1cccc(N2CCC(C)(C)C(CO)C2)c1. The van der Waals surface area contributed by atoms with Crippen molar-refractivity contribution in [2.24, 2.45) is 11.3 Å². The minimum atomic E-state index is 0.0953. The van der Waals surface area contributed by atoms with Gasteiger partial charge in [-0.3, -0.25) is 4.79 Å². The number of hydrogen-bond donors (Lipinski definition) is 1. The molecular weight excluding hydrogens is 238 g/mol. The zero-order valence-corrected chi connectivity index (χ0v) is 12.0. The Labute approximate surface area is 115 Å². The lowest BCUT2D eigenvalue weighted by Crippen LogP contribution is -2.46. The molecule has 1 heterocycles. The van der Waals surface area contributed by atoms with Crippen molar-refractivity contribution in [1.82, 2.24) is 0 Å². The Morgan fingerprint density at radius 1 is 1.47 bits per heavy atom. The highest BCUT2D eigenvalue weighted by atomic mass is 16.3. The molecule has 1 aromatic carbocycles. The maximum absolute atomic E-state index is 11.4. The highest BCUT2D eigenvalue weighted by Gasteiger charge is 2.35. The molecule has 0 aromatic heterocycles. The number of rotatable bonds is 3. The summed E-state index contributed by atoms with van der Waals surface area (Å²) in [5.74, 6) is 0.375. The highest BCUT2D eigenvalue weighted by molar-refractivity contribution is 5.94. The van der Waals surface area contributed by atoms with Gasteiger partial charge in [-0.15, -0.1) is 0 Å². The van der Waals surface area contributed by atoms with Gasteiger partial charge in [0.15, 0.2) is 5.78 Å². The molecular formula is C16H23NO2. The lowest BCUT2D eigenvalue weighted by Gasteiger charge is -2.44. The summed E-state index contributed by atoms with van der Waals surface area (Å²) in [4.78, 5) is 13.7. The van der Waals surface area contributed by atoms with Crippen molar-refractivity contribution < 1.29 is 9.90 Å². The third-order valence-electron chi connectivity index (χ3n) is 4.41. The maximum atomic E-state index is 11.4. The molecule has 1 aliphatic rings. The number of hydrogen-bond acceptors (Lipinski definition) is 3. The van der Waals surface area contributed by atoms with Crippen LogP contribution < -0.4 is 4.90 Å². The van der Waals surface area contributed by atoms with Crippen LogP contribution in [0, 0.1) is 11.3 Å². The molecule has 1 unspecified atom stereocenters. The molecule has 3 heteroatoms. The van der Waals surface area contributed by atoms with E-state index in [1.165, 1.54) is 0 Å². The first-order valence-corrected chi connectivity index (χ1v) is 6.91. The van der Waals surface area contributed by atoms with Crippen LogP contribution in [0.15, 0.2) is 24.3 Å². The van der Waals surface area contributed by atoms with Crippen LogP contribution in [0.2, 0.25) is 0 Å². The second-order valence-electron chi connectivity index (χ2n) is 6.17. The Morgan fingerprint density at radius 2 is 2.21 bits per heavy atom. The van der Waals surface area contributed by atoms with Crippen LogP contribution in [-0.2, 0) is 0 Å². The van der Waals surface area contributed by atoms with Gasteiger partial charge in [-0.2, -0.15) is 0 Å². The number of nitrogens with zero attached hydrogens (tertiary/aromatic N) is 1. The van der Waals surface area contributed by atoms with E-state index in [-0.39, 0.29) is 23.7 Å². The van der Waals surface area contributed by atoms with E-state index in [9.17, 15) is 9.90 Å². The van der Waals surface area contributed by atoms with Crippen LogP contribution in [0.3, 0.4) is 0 Å². The second-order valence-corrected chi connectivity index (χ2v) is 6.17. The average Bonchev–Trinajstić information content (AvgIpc) is 2.38. The van der Waals surface area contributed by atoms with Crippen LogP contribution in [0.1, 0.15) is 37.6 Å². The number of anilines is 1. The second kappa shape index (κ2) is 5.33. The first kappa shape index (κ1) is 14.1. The third kappa shape index (κ3) is 2.98. The molecule has 1 atom stereocenters. The Bertz CT molecular complexity index is 468. The van der Waals surface area contributed by atoms with Crippen molar-refractivity contribution in [2.75, 3.05) is 24.6 Å². The number of aliphatic hydroxyl groups is 1. The smallest absolute Gasteiger partial charge is 0.159 e.